The smallest absolute Gasteiger partial charge is 0.338 e. The summed E-state index contributed by atoms with van der Waals surface area (Å²) in [5.74, 6) is -0.241. The van der Waals surface area contributed by atoms with Gasteiger partial charge in [-0.2, -0.15) is 26.3 Å². The van der Waals surface area contributed by atoms with Crippen LogP contribution in [0.4, 0.5) is 26.3 Å². The fourth-order valence-electron chi connectivity index (χ4n) is 4.34. The molecular formula is C23H20F6N2O2S. The van der Waals surface area contributed by atoms with Crippen LogP contribution in [0.2, 0.25) is 0 Å². The molecule has 4 nitrogen and oxygen atoms in total. The van der Waals surface area contributed by atoms with Crippen LogP contribution in [0, 0.1) is 0 Å². The Morgan fingerprint density at radius 1 is 0.765 bits per heavy atom. The number of nitrogens with zero attached hydrogens (tertiary/aromatic N) is 2. The first-order chi connectivity index (χ1) is 15.9. The number of hydrogen-bond acceptors (Lipinski definition) is 3. The van der Waals surface area contributed by atoms with E-state index in [1.54, 1.807) is 16.7 Å². The second-order valence-electron chi connectivity index (χ2n) is 8.20. The van der Waals surface area contributed by atoms with Gasteiger partial charge >= 0.3 is 12.4 Å². The van der Waals surface area contributed by atoms with Gasteiger partial charge in [-0.1, -0.05) is 6.07 Å². The summed E-state index contributed by atoms with van der Waals surface area (Å²) in [7, 11) is 0. The van der Waals surface area contributed by atoms with Crippen molar-refractivity contribution in [3.05, 3.63) is 70.8 Å². The number of piperidine rings is 1. The molecule has 2 aromatic carbocycles. The molecule has 0 unspecified atom stereocenters. The lowest BCUT2D eigenvalue weighted by Crippen LogP contribution is -2.53. The van der Waals surface area contributed by atoms with Crippen molar-refractivity contribution in [2.45, 2.75) is 30.1 Å². The highest BCUT2D eigenvalue weighted by Gasteiger charge is 2.47. The van der Waals surface area contributed by atoms with E-state index in [9.17, 15) is 35.9 Å². The van der Waals surface area contributed by atoms with Gasteiger partial charge in [-0.3, -0.25) is 9.59 Å². The highest BCUT2D eigenvalue weighted by molar-refractivity contribution is 8.00. The summed E-state index contributed by atoms with van der Waals surface area (Å²) in [5, 5.41) is 0. The number of likely N-dealkylation sites (tertiary alicyclic amines) is 1. The Hall–Kier alpha value is -2.69. The summed E-state index contributed by atoms with van der Waals surface area (Å²) in [6.45, 7) is 0.920. The van der Waals surface area contributed by atoms with E-state index in [2.05, 4.69) is 0 Å². The molecular weight excluding hydrogens is 482 g/mol. The van der Waals surface area contributed by atoms with Gasteiger partial charge in [0, 0.05) is 36.5 Å². The molecule has 0 N–H and O–H groups in total. The Morgan fingerprint density at radius 3 is 1.97 bits per heavy atom. The maximum Gasteiger partial charge on any atom is 0.416 e. The number of thioether (sulfide) groups is 1. The first-order valence-electron chi connectivity index (χ1n) is 10.5. The van der Waals surface area contributed by atoms with Gasteiger partial charge in [0.25, 0.3) is 11.8 Å². The minimum atomic E-state index is -4.55. The standard InChI is InChI=1S/C23H20F6N2O2S/c24-22(25,26)17-6-4-15(5-7-17)20(33)31-12-13-34-21(31)8-10-30(11-9-21)19(32)16-2-1-3-18(14-16)23(27,28)29/h1-7,14H,8-13H2. The Labute approximate surface area is 195 Å². The lowest BCUT2D eigenvalue weighted by molar-refractivity contribution is -0.138. The van der Waals surface area contributed by atoms with Crippen LogP contribution in [0.5, 0.6) is 0 Å². The van der Waals surface area contributed by atoms with Crippen LogP contribution in [-0.4, -0.2) is 51.9 Å². The van der Waals surface area contributed by atoms with Gasteiger partial charge in [0.2, 0.25) is 0 Å². The topological polar surface area (TPSA) is 40.6 Å². The second kappa shape index (κ2) is 8.83. The third-order valence-electron chi connectivity index (χ3n) is 6.15. The van der Waals surface area contributed by atoms with Crippen LogP contribution in [0.3, 0.4) is 0 Å². The average Bonchev–Trinajstić information content (AvgIpc) is 3.20. The Bertz CT molecular complexity index is 1080. The van der Waals surface area contributed by atoms with E-state index in [-0.39, 0.29) is 30.1 Å². The van der Waals surface area contributed by atoms with E-state index in [0.29, 0.717) is 25.1 Å². The van der Waals surface area contributed by atoms with E-state index in [1.165, 1.54) is 17.0 Å². The maximum atomic E-state index is 13.1. The van der Waals surface area contributed by atoms with Crippen LogP contribution in [0.15, 0.2) is 48.5 Å². The molecule has 2 amide bonds. The van der Waals surface area contributed by atoms with Crippen LogP contribution in [0.25, 0.3) is 0 Å². The van der Waals surface area contributed by atoms with Crippen LogP contribution in [-0.2, 0) is 12.4 Å². The molecule has 0 radical (unpaired) electrons. The van der Waals surface area contributed by atoms with Gasteiger partial charge < -0.3 is 9.80 Å². The first-order valence-corrected chi connectivity index (χ1v) is 11.5. The van der Waals surface area contributed by atoms with Crippen molar-refractivity contribution >= 4 is 23.6 Å². The minimum Gasteiger partial charge on any atom is -0.338 e. The van der Waals surface area contributed by atoms with Crippen LogP contribution >= 0.6 is 11.8 Å². The molecule has 2 fully saturated rings. The van der Waals surface area contributed by atoms with Crippen molar-refractivity contribution in [2.75, 3.05) is 25.4 Å². The molecule has 0 atom stereocenters. The van der Waals surface area contributed by atoms with Gasteiger partial charge in [-0.25, -0.2) is 0 Å². The number of carbonyl (C=O) groups excluding carboxylic acids is 2. The monoisotopic (exact) mass is 502 g/mol. The van der Waals surface area contributed by atoms with Crippen molar-refractivity contribution < 1.29 is 35.9 Å². The molecule has 34 heavy (non-hydrogen) atoms. The molecule has 0 aliphatic carbocycles. The van der Waals surface area contributed by atoms with Gasteiger partial charge in [0.1, 0.15) is 0 Å². The fourth-order valence-corrected chi connectivity index (χ4v) is 5.79. The summed E-state index contributed by atoms with van der Waals surface area (Å²) < 4.78 is 77.5. The minimum absolute atomic E-state index is 0.0532. The summed E-state index contributed by atoms with van der Waals surface area (Å²) in [4.78, 5) is 28.4. The molecule has 11 heteroatoms. The Balaban J connectivity index is 1.46. The molecule has 2 aliphatic rings. The number of amides is 2. The number of alkyl halides is 6. The zero-order valence-electron chi connectivity index (χ0n) is 17.7. The van der Waals surface area contributed by atoms with Crippen molar-refractivity contribution in [3.63, 3.8) is 0 Å². The van der Waals surface area contributed by atoms with E-state index < -0.39 is 34.3 Å². The van der Waals surface area contributed by atoms with E-state index >= 15 is 0 Å². The van der Waals surface area contributed by atoms with Crippen molar-refractivity contribution in [2.24, 2.45) is 0 Å². The average molecular weight is 502 g/mol. The molecule has 0 saturated carbocycles. The number of halogens is 6. The lowest BCUT2D eigenvalue weighted by atomic mass is 9.99. The molecule has 4 rings (SSSR count). The highest BCUT2D eigenvalue weighted by atomic mass is 32.2. The maximum absolute atomic E-state index is 13.1. The zero-order chi connectivity index (χ0) is 24.7. The van der Waals surface area contributed by atoms with Gasteiger partial charge in [-0.05, 0) is 55.3 Å². The third kappa shape index (κ3) is 4.75. The lowest BCUT2D eigenvalue weighted by Gasteiger charge is -2.44. The normalized spacial score (nSPS) is 18.4. The predicted molar refractivity (Wildman–Crippen MR) is 114 cm³/mol. The van der Waals surface area contributed by atoms with Gasteiger partial charge in [0.05, 0.1) is 16.0 Å². The van der Waals surface area contributed by atoms with E-state index in [1.807, 2.05) is 0 Å². The number of rotatable bonds is 2. The Kier molecular flexibility index (Phi) is 6.34. The first kappa shape index (κ1) is 24.4. The second-order valence-corrected chi connectivity index (χ2v) is 9.65. The van der Waals surface area contributed by atoms with Crippen LogP contribution in [0.1, 0.15) is 44.7 Å². The summed E-state index contributed by atoms with van der Waals surface area (Å²) in [6, 6.07) is 8.34. The molecule has 2 aliphatic heterocycles. The SMILES string of the molecule is O=C(c1cccc(C(F)(F)F)c1)N1CCC2(CC1)SCCN2C(=O)c1ccc(C(F)(F)F)cc1. The molecule has 1 spiro atoms. The number of benzene rings is 2. The van der Waals surface area contributed by atoms with Crippen molar-refractivity contribution in [3.8, 4) is 0 Å². The fraction of sp³-hybridized carbons (Fsp3) is 0.391. The van der Waals surface area contributed by atoms with Crippen LogP contribution < -0.4 is 0 Å². The third-order valence-corrected chi connectivity index (χ3v) is 7.70. The Morgan fingerprint density at radius 2 is 1.38 bits per heavy atom. The molecule has 2 aromatic rings. The predicted octanol–water partition coefficient (Wildman–Crippen LogP) is 5.55. The van der Waals surface area contributed by atoms with Gasteiger partial charge in [0.15, 0.2) is 0 Å². The molecule has 182 valence electrons. The number of carbonyl (C=O) groups is 2. The van der Waals surface area contributed by atoms with Crippen molar-refractivity contribution in [1.82, 2.24) is 9.80 Å². The molecule has 0 bridgehead atoms. The molecule has 0 aromatic heterocycles. The highest BCUT2D eigenvalue weighted by Crippen LogP contribution is 2.45. The quantitative estimate of drug-likeness (QED) is 0.506. The van der Waals surface area contributed by atoms with E-state index in [4.69, 9.17) is 0 Å². The molecule has 2 saturated heterocycles. The number of hydrogen-bond donors (Lipinski definition) is 0. The summed E-state index contributed by atoms with van der Waals surface area (Å²) >= 11 is 1.56. The van der Waals surface area contributed by atoms with E-state index in [0.717, 1.165) is 36.4 Å². The summed E-state index contributed by atoms with van der Waals surface area (Å²) in [6.07, 6.45) is -8.23. The van der Waals surface area contributed by atoms with Gasteiger partial charge in [-0.15, -0.1) is 11.8 Å². The largest absolute Gasteiger partial charge is 0.416 e. The summed E-state index contributed by atoms with van der Waals surface area (Å²) in [5.41, 5.74) is -1.64. The van der Waals surface area contributed by atoms with Crippen molar-refractivity contribution in [1.29, 1.82) is 0 Å². The molecule has 2 heterocycles. The zero-order valence-corrected chi connectivity index (χ0v) is 18.6.